The van der Waals surface area contributed by atoms with Crippen LogP contribution in [0.2, 0.25) is 0 Å². The summed E-state index contributed by atoms with van der Waals surface area (Å²) in [6, 6.07) is -1.37. The minimum Gasteiger partial charge on any atom is -0.480 e. The zero-order valence-corrected chi connectivity index (χ0v) is 11.4. The third kappa shape index (κ3) is 4.95. The van der Waals surface area contributed by atoms with E-state index in [9.17, 15) is 14.4 Å². The van der Waals surface area contributed by atoms with Crippen LogP contribution in [0.15, 0.2) is 0 Å². The fraction of sp³-hybridized carbons (Fsp3) is 0.700. The van der Waals surface area contributed by atoms with E-state index in [1.807, 2.05) is 0 Å². The second-order valence-corrected chi connectivity index (χ2v) is 4.82. The first-order valence-corrected chi connectivity index (χ1v) is 6.82. The first-order valence-electron chi connectivity index (χ1n) is 5.67. The third-order valence-corrected chi connectivity index (χ3v) is 3.47. The number of carboxylic acid groups (broad SMARTS) is 1. The van der Waals surface area contributed by atoms with Crippen molar-refractivity contribution in [2.45, 2.75) is 6.04 Å². The summed E-state index contributed by atoms with van der Waals surface area (Å²) in [5.74, 6) is -0.703. The number of urea groups is 1. The topological polar surface area (TPSA) is 108 Å². The van der Waals surface area contributed by atoms with Gasteiger partial charge in [-0.25, -0.2) is 9.59 Å². The highest BCUT2D eigenvalue weighted by Gasteiger charge is 2.34. The molecule has 0 saturated carbocycles. The van der Waals surface area contributed by atoms with Gasteiger partial charge in [-0.15, -0.1) is 11.8 Å². The Balaban J connectivity index is 2.30. The Labute approximate surface area is 114 Å². The Hall–Kier alpha value is -1.48. The predicted molar refractivity (Wildman–Crippen MR) is 68.9 cm³/mol. The molecule has 0 aromatic carbocycles. The van der Waals surface area contributed by atoms with Crippen molar-refractivity contribution in [3.05, 3.63) is 0 Å². The van der Waals surface area contributed by atoms with E-state index in [-0.39, 0.29) is 12.5 Å². The molecular formula is C10H17N3O5S. The molecule has 0 unspecified atom stereocenters. The second kappa shape index (κ2) is 7.85. The Morgan fingerprint density at radius 2 is 2.16 bits per heavy atom. The quantitative estimate of drug-likeness (QED) is 0.537. The number of nitrogens with one attached hydrogen (secondary N) is 2. The molecule has 108 valence electrons. The summed E-state index contributed by atoms with van der Waals surface area (Å²) < 4.78 is 4.76. The van der Waals surface area contributed by atoms with Crippen molar-refractivity contribution in [1.29, 1.82) is 0 Å². The molecule has 3 amide bonds. The van der Waals surface area contributed by atoms with Gasteiger partial charge in [-0.05, 0) is 0 Å². The molecule has 3 N–H and O–H groups in total. The number of rotatable bonds is 6. The van der Waals surface area contributed by atoms with Gasteiger partial charge in [0.15, 0.2) is 0 Å². The first kappa shape index (κ1) is 15.6. The van der Waals surface area contributed by atoms with E-state index >= 15 is 0 Å². The molecule has 9 heteroatoms. The maximum absolute atomic E-state index is 11.7. The van der Waals surface area contributed by atoms with E-state index < -0.39 is 18.0 Å². The zero-order chi connectivity index (χ0) is 14.3. The number of hydrogen-bond acceptors (Lipinski definition) is 5. The summed E-state index contributed by atoms with van der Waals surface area (Å²) in [5, 5.41) is 13.9. The molecule has 19 heavy (non-hydrogen) atoms. The largest absolute Gasteiger partial charge is 0.480 e. The van der Waals surface area contributed by atoms with Crippen LogP contribution < -0.4 is 10.6 Å². The number of aliphatic carboxylic acids is 1. The molecule has 0 radical (unpaired) electrons. The fourth-order valence-corrected chi connectivity index (χ4v) is 2.60. The van der Waals surface area contributed by atoms with E-state index in [1.54, 1.807) is 0 Å². The number of thioether (sulfide) groups is 1. The minimum atomic E-state index is -1.04. The first-order chi connectivity index (χ1) is 9.06. The van der Waals surface area contributed by atoms with Crippen molar-refractivity contribution < 1.29 is 24.2 Å². The molecule has 1 heterocycles. The van der Waals surface area contributed by atoms with E-state index in [1.165, 1.54) is 23.8 Å². The minimum absolute atomic E-state index is 0.184. The number of carbonyl (C=O) groups is 3. The highest BCUT2D eigenvalue weighted by molar-refractivity contribution is 7.99. The molecule has 8 nitrogen and oxygen atoms in total. The zero-order valence-electron chi connectivity index (χ0n) is 10.5. The fourth-order valence-electron chi connectivity index (χ4n) is 1.46. The van der Waals surface area contributed by atoms with Gasteiger partial charge in [-0.3, -0.25) is 4.79 Å². The molecule has 1 aliphatic rings. The molecule has 0 bridgehead atoms. The smallest absolute Gasteiger partial charge is 0.327 e. The standard InChI is InChI=1S/C10H17N3O5S/c1-18-3-2-11-8(14)4-12-10(17)13-6-19-5-7(13)9(15)16/h7H,2-6H2,1H3,(H,11,14)(H,12,17)(H,15,16)/t7-/m0/s1. The molecule has 1 aliphatic heterocycles. The van der Waals surface area contributed by atoms with Crippen molar-refractivity contribution in [3.8, 4) is 0 Å². The Morgan fingerprint density at radius 3 is 2.79 bits per heavy atom. The van der Waals surface area contributed by atoms with Crippen molar-refractivity contribution in [3.63, 3.8) is 0 Å². The molecule has 0 aromatic rings. The number of ether oxygens (including phenoxy) is 1. The van der Waals surface area contributed by atoms with Crippen molar-refractivity contribution in [2.75, 3.05) is 38.4 Å². The van der Waals surface area contributed by atoms with Crippen molar-refractivity contribution in [2.24, 2.45) is 0 Å². The number of hydrogen-bond donors (Lipinski definition) is 3. The van der Waals surface area contributed by atoms with Crippen LogP contribution in [0.5, 0.6) is 0 Å². The van der Waals surface area contributed by atoms with E-state index in [0.29, 0.717) is 24.8 Å². The van der Waals surface area contributed by atoms with Crippen LogP contribution in [-0.2, 0) is 14.3 Å². The van der Waals surface area contributed by atoms with Gasteiger partial charge in [0, 0.05) is 19.4 Å². The second-order valence-electron chi connectivity index (χ2n) is 3.83. The lowest BCUT2D eigenvalue weighted by molar-refractivity contribution is -0.140. The van der Waals surface area contributed by atoms with Gasteiger partial charge in [0.05, 0.1) is 19.0 Å². The molecule has 1 rings (SSSR count). The number of carboxylic acids is 1. The maximum atomic E-state index is 11.7. The van der Waals surface area contributed by atoms with E-state index in [4.69, 9.17) is 9.84 Å². The van der Waals surface area contributed by atoms with Gasteiger partial charge in [0.1, 0.15) is 6.04 Å². The monoisotopic (exact) mass is 291 g/mol. The van der Waals surface area contributed by atoms with Crippen LogP contribution in [0.4, 0.5) is 4.79 Å². The van der Waals surface area contributed by atoms with Crippen LogP contribution >= 0.6 is 11.8 Å². The Kier molecular flexibility index (Phi) is 6.43. The van der Waals surface area contributed by atoms with Crippen LogP contribution in [0.1, 0.15) is 0 Å². The molecule has 1 fully saturated rings. The number of methoxy groups -OCH3 is 1. The molecule has 0 aromatic heterocycles. The summed E-state index contributed by atoms with van der Waals surface area (Å²) in [6.07, 6.45) is 0. The summed E-state index contributed by atoms with van der Waals surface area (Å²) in [6.45, 7) is 0.572. The number of nitrogens with zero attached hydrogens (tertiary/aromatic N) is 1. The Bertz CT molecular complexity index is 352. The van der Waals surface area contributed by atoms with E-state index in [0.717, 1.165) is 0 Å². The molecule has 1 atom stereocenters. The molecular weight excluding hydrogens is 274 g/mol. The Morgan fingerprint density at radius 1 is 1.42 bits per heavy atom. The highest BCUT2D eigenvalue weighted by Crippen LogP contribution is 2.20. The van der Waals surface area contributed by atoms with Gasteiger partial charge in [-0.1, -0.05) is 0 Å². The third-order valence-electron chi connectivity index (χ3n) is 2.46. The maximum Gasteiger partial charge on any atom is 0.327 e. The summed E-state index contributed by atoms with van der Waals surface area (Å²) in [5.41, 5.74) is 0. The summed E-state index contributed by atoms with van der Waals surface area (Å²) in [4.78, 5) is 35.2. The lowest BCUT2D eigenvalue weighted by atomic mass is 10.3. The lowest BCUT2D eigenvalue weighted by Crippen LogP contribution is -2.49. The van der Waals surface area contributed by atoms with Gasteiger partial charge >= 0.3 is 12.0 Å². The highest BCUT2D eigenvalue weighted by atomic mass is 32.2. The molecule has 1 saturated heterocycles. The van der Waals surface area contributed by atoms with Crippen molar-refractivity contribution >= 4 is 29.7 Å². The molecule has 0 aliphatic carbocycles. The van der Waals surface area contributed by atoms with Gasteiger partial charge in [0.2, 0.25) is 5.91 Å². The SMILES string of the molecule is COCCNC(=O)CNC(=O)N1CSC[C@H]1C(=O)O. The predicted octanol–water partition coefficient (Wildman–Crippen LogP) is -1.08. The lowest BCUT2D eigenvalue weighted by Gasteiger charge is -2.20. The number of carbonyl (C=O) groups excluding carboxylic acids is 2. The molecule has 0 spiro atoms. The van der Waals surface area contributed by atoms with Gasteiger partial charge in [-0.2, -0.15) is 0 Å². The van der Waals surface area contributed by atoms with Crippen LogP contribution in [-0.4, -0.2) is 72.4 Å². The van der Waals surface area contributed by atoms with Crippen LogP contribution in [0, 0.1) is 0 Å². The van der Waals surface area contributed by atoms with Crippen LogP contribution in [0.25, 0.3) is 0 Å². The van der Waals surface area contributed by atoms with Gasteiger partial charge < -0.3 is 25.4 Å². The average Bonchev–Trinajstić information content (AvgIpc) is 2.85. The normalized spacial score (nSPS) is 18.2. The average molecular weight is 291 g/mol. The van der Waals surface area contributed by atoms with E-state index in [2.05, 4.69) is 10.6 Å². The summed E-state index contributed by atoms with van der Waals surface area (Å²) >= 11 is 1.37. The van der Waals surface area contributed by atoms with Crippen LogP contribution in [0.3, 0.4) is 0 Å². The summed E-state index contributed by atoms with van der Waals surface area (Å²) in [7, 11) is 1.52. The number of amides is 3. The van der Waals surface area contributed by atoms with Crippen molar-refractivity contribution in [1.82, 2.24) is 15.5 Å². The van der Waals surface area contributed by atoms with Gasteiger partial charge in [0.25, 0.3) is 0 Å².